The van der Waals surface area contributed by atoms with E-state index in [4.69, 9.17) is 9.47 Å². The molecule has 1 heterocycles. The van der Waals surface area contributed by atoms with E-state index in [-0.39, 0.29) is 46.9 Å². The third-order valence-corrected chi connectivity index (χ3v) is 7.33. The normalized spacial score (nSPS) is 17.1. The monoisotopic (exact) mass is 652 g/mol. The van der Waals surface area contributed by atoms with E-state index in [1.807, 2.05) is 19.1 Å². The maximum atomic E-state index is 15.0. The Morgan fingerprint density at radius 2 is 1.28 bits per heavy atom. The van der Waals surface area contributed by atoms with E-state index in [2.05, 4.69) is 4.74 Å². The highest BCUT2D eigenvalue weighted by molar-refractivity contribution is 5.72. The maximum absolute atomic E-state index is 15.0. The van der Waals surface area contributed by atoms with Crippen LogP contribution in [0.15, 0.2) is 72.8 Å². The summed E-state index contributed by atoms with van der Waals surface area (Å²) in [6.45, 7) is 2.39. The zero-order valence-corrected chi connectivity index (χ0v) is 24.0. The first kappa shape index (κ1) is 33.1. The van der Waals surface area contributed by atoms with Gasteiger partial charge in [0.05, 0.1) is 13.2 Å². The van der Waals surface area contributed by atoms with Gasteiger partial charge in [-0.05, 0) is 73.4 Å². The van der Waals surface area contributed by atoms with Crippen molar-refractivity contribution >= 4 is 0 Å². The van der Waals surface area contributed by atoms with Gasteiger partial charge in [-0.3, -0.25) is 0 Å². The van der Waals surface area contributed by atoms with E-state index in [0.717, 1.165) is 37.1 Å². The Balaban J connectivity index is 1.31. The molecular formula is C34H25F9O3. The predicted octanol–water partition coefficient (Wildman–Crippen LogP) is 10.1. The van der Waals surface area contributed by atoms with Crippen molar-refractivity contribution in [2.24, 2.45) is 5.92 Å². The molecule has 5 rings (SSSR count). The summed E-state index contributed by atoms with van der Waals surface area (Å²) in [5, 5.41) is 0. The van der Waals surface area contributed by atoms with Gasteiger partial charge in [-0.2, -0.15) is 8.78 Å². The standard InChI is InChI=1S/C34H25F9O3/c1-2-3-4-5-18-16-44-33(45-17-18)21-13-27(37)31(28(38)14-21)34(42,43)46-22-7-9-23(26(36)15-22)19-6-8-24(25(35)10-19)20-11-29(39)32(41)30(40)12-20/h2-3,6-15,18,33H,4-5,16-17H2,1H3. The van der Waals surface area contributed by atoms with Gasteiger partial charge in [-0.1, -0.05) is 24.3 Å². The first-order valence-corrected chi connectivity index (χ1v) is 14.0. The van der Waals surface area contributed by atoms with E-state index >= 15 is 8.78 Å². The molecule has 1 aliphatic heterocycles. The number of rotatable bonds is 9. The van der Waals surface area contributed by atoms with E-state index in [1.54, 1.807) is 0 Å². The molecule has 0 atom stereocenters. The molecular weight excluding hydrogens is 627 g/mol. The van der Waals surface area contributed by atoms with Crippen LogP contribution >= 0.6 is 0 Å². The van der Waals surface area contributed by atoms with E-state index in [9.17, 15) is 30.7 Å². The third kappa shape index (κ3) is 7.07. The van der Waals surface area contributed by atoms with Crippen molar-refractivity contribution in [3.63, 3.8) is 0 Å². The molecule has 0 aliphatic carbocycles. The van der Waals surface area contributed by atoms with Crippen LogP contribution in [0.1, 0.15) is 37.2 Å². The van der Waals surface area contributed by atoms with Crippen LogP contribution in [0.25, 0.3) is 22.3 Å². The van der Waals surface area contributed by atoms with E-state index in [1.165, 1.54) is 6.07 Å². The zero-order chi connectivity index (χ0) is 33.2. The Labute approximate surface area is 257 Å². The summed E-state index contributed by atoms with van der Waals surface area (Å²) in [7, 11) is 0. The lowest BCUT2D eigenvalue weighted by atomic mass is 9.99. The van der Waals surface area contributed by atoms with Crippen molar-refractivity contribution in [1.29, 1.82) is 0 Å². The van der Waals surface area contributed by atoms with Crippen LogP contribution in [0, 0.1) is 46.6 Å². The Morgan fingerprint density at radius 3 is 1.87 bits per heavy atom. The summed E-state index contributed by atoms with van der Waals surface area (Å²) in [4.78, 5) is 0. The molecule has 0 amide bonds. The first-order chi connectivity index (χ1) is 21.9. The van der Waals surface area contributed by atoms with Gasteiger partial charge < -0.3 is 14.2 Å². The first-order valence-electron chi connectivity index (χ1n) is 14.0. The molecule has 0 radical (unpaired) electrons. The number of halogens is 9. The molecule has 0 bridgehead atoms. The molecule has 0 N–H and O–H groups in total. The van der Waals surface area contributed by atoms with Gasteiger partial charge >= 0.3 is 6.11 Å². The highest BCUT2D eigenvalue weighted by Gasteiger charge is 2.42. The highest BCUT2D eigenvalue weighted by Crippen LogP contribution is 2.39. The molecule has 1 fully saturated rings. The summed E-state index contributed by atoms with van der Waals surface area (Å²) >= 11 is 0. The molecule has 46 heavy (non-hydrogen) atoms. The van der Waals surface area contributed by atoms with Gasteiger partial charge in [0.1, 0.15) is 34.6 Å². The largest absolute Gasteiger partial charge is 0.432 e. The van der Waals surface area contributed by atoms with Crippen molar-refractivity contribution in [2.75, 3.05) is 13.2 Å². The average Bonchev–Trinajstić information content (AvgIpc) is 2.99. The molecule has 0 spiro atoms. The molecule has 1 saturated heterocycles. The van der Waals surface area contributed by atoms with Crippen molar-refractivity contribution in [1.82, 2.24) is 0 Å². The summed E-state index contributed by atoms with van der Waals surface area (Å²) in [5.74, 6) is -11.0. The molecule has 0 saturated carbocycles. The fourth-order valence-corrected chi connectivity index (χ4v) is 5.03. The van der Waals surface area contributed by atoms with Gasteiger partial charge in [0, 0.05) is 28.7 Å². The summed E-state index contributed by atoms with van der Waals surface area (Å²) in [6.07, 6.45) is -0.286. The quantitative estimate of drug-likeness (QED) is 0.102. The lowest BCUT2D eigenvalue weighted by Crippen LogP contribution is -2.28. The molecule has 3 nitrogen and oxygen atoms in total. The van der Waals surface area contributed by atoms with Crippen LogP contribution in [0.2, 0.25) is 0 Å². The van der Waals surface area contributed by atoms with Crippen LogP contribution in [0.4, 0.5) is 39.5 Å². The Morgan fingerprint density at radius 1 is 0.717 bits per heavy atom. The third-order valence-electron chi connectivity index (χ3n) is 7.33. The van der Waals surface area contributed by atoms with Crippen molar-refractivity contribution in [3.05, 3.63) is 125 Å². The van der Waals surface area contributed by atoms with Gasteiger partial charge in [0.2, 0.25) is 0 Å². The summed E-state index contributed by atoms with van der Waals surface area (Å²) in [6, 6.07) is 7.89. The van der Waals surface area contributed by atoms with Gasteiger partial charge in [0.15, 0.2) is 23.7 Å². The predicted molar refractivity (Wildman–Crippen MR) is 150 cm³/mol. The number of alkyl halides is 2. The highest BCUT2D eigenvalue weighted by atomic mass is 19.3. The average molecular weight is 653 g/mol. The minimum Gasteiger partial charge on any atom is -0.429 e. The van der Waals surface area contributed by atoms with Crippen molar-refractivity contribution in [2.45, 2.75) is 32.2 Å². The summed E-state index contributed by atoms with van der Waals surface area (Å²) < 4.78 is 146. The van der Waals surface area contributed by atoms with Crippen molar-refractivity contribution in [3.8, 4) is 28.0 Å². The second-order valence-electron chi connectivity index (χ2n) is 10.6. The second-order valence-corrected chi connectivity index (χ2v) is 10.6. The summed E-state index contributed by atoms with van der Waals surface area (Å²) in [5.41, 5.74) is -2.87. The van der Waals surface area contributed by atoms with Crippen molar-refractivity contribution < 1.29 is 53.7 Å². The lowest BCUT2D eigenvalue weighted by molar-refractivity contribution is -0.206. The molecule has 4 aromatic carbocycles. The fourth-order valence-electron chi connectivity index (χ4n) is 5.03. The SMILES string of the molecule is CC=CCCC1COC(c2cc(F)c(C(F)(F)Oc3ccc(-c4ccc(-c5cc(F)c(F)c(F)c5)c(F)c4)c(F)c3)c(F)c2)OC1. The molecule has 4 aromatic rings. The maximum Gasteiger partial charge on any atom is 0.432 e. The van der Waals surface area contributed by atoms with Gasteiger partial charge in [-0.25, -0.2) is 30.7 Å². The second kappa shape index (κ2) is 13.6. The minimum absolute atomic E-state index is 0.0580. The van der Waals surface area contributed by atoms with Crippen LogP contribution in [0.5, 0.6) is 5.75 Å². The number of benzene rings is 4. The van der Waals surface area contributed by atoms with Crippen LogP contribution < -0.4 is 4.74 Å². The number of ether oxygens (including phenoxy) is 3. The van der Waals surface area contributed by atoms with Crippen LogP contribution in [0.3, 0.4) is 0 Å². The minimum atomic E-state index is -4.58. The fraction of sp³-hybridized carbons (Fsp3) is 0.235. The Kier molecular flexibility index (Phi) is 9.78. The Bertz CT molecular complexity index is 1720. The smallest absolute Gasteiger partial charge is 0.429 e. The van der Waals surface area contributed by atoms with Gasteiger partial charge in [0.25, 0.3) is 0 Å². The molecule has 0 aromatic heterocycles. The molecule has 0 unspecified atom stereocenters. The molecule has 1 aliphatic rings. The molecule has 12 heteroatoms. The van der Waals surface area contributed by atoms with E-state index in [0.29, 0.717) is 30.3 Å². The van der Waals surface area contributed by atoms with Crippen LogP contribution in [-0.2, 0) is 15.6 Å². The Hall–Kier alpha value is -4.29. The van der Waals surface area contributed by atoms with Gasteiger partial charge in [-0.15, -0.1) is 0 Å². The number of hydrogen-bond donors (Lipinski definition) is 0. The zero-order valence-electron chi connectivity index (χ0n) is 24.0. The topological polar surface area (TPSA) is 27.7 Å². The number of hydrogen-bond acceptors (Lipinski definition) is 3. The molecule has 242 valence electrons. The van der Waals surface area contributed by atoms with E-state index < -0.39 is 64.4 Å². The van der Waals surface area contributed by atoms with Crippen LogP contribution in [-0.4, -0.2) is 13.2 Å². The number of allylic oxidation sites excluding steroid dienone is 2. The lowest BCUT2D eigenvalue weighted by Gasteiger charge is -2.30.